The lowest BCUT2D eigenvalue weighted by Gasteiger charge is -2.14. The lowest BCUT2D eigenvalue weighted by Crippen LogP contribution is -2.30. The molecule has 1 aliphatic heterocycles. The standard InChI is InChI=1S/C14H15NO3/c1-9-3-5-12(6-4-9)15-13(17)8-11(14(15)18)7-10(2)16/h3-6,11H,7-8H2,1-2H3/t11-/m0/s1. The van der Waals surface area contributed by atoms with Crippen molar-refractivity contribution in [2.75, 3.05) is 4.90 Å². The van der Waals surface area contributed by atoms with E-state index < -0.39 is 5.92 Å². The fourth-order valence-electron chi connectivity index (χ4n) is 2.17. The molecule has 1 aliphatic rings. The molecule has 1 atom stereocenters. The van der Waals surface area contributed by atoms with Crippen LogP contribution in [-0.2, 0) is 14.4 Å². The summed E-state index contributed by atoms with van der Waals surface area (Å²) >= 11 is 0. The van der Waals surface area contributed by atoms with E-state index in [-0.39, 0.29) is 30.4 Å². The number of anilines is 1. The zero-order chi connectivity index (χ0) is 13.3. The lowest BCUT2D eigenvalue weighted by molar-refractivity contribution is -0.125. The van der Waals surface area contributed by atoms with E-state index in [0.717, 1.165) is 5.56 Å². The average molecular weight is 245 g/mol. The molecule has 0 aromatic heterocycles. The second-order valence-electron chi connectivity index (χ2n) is 4.71. The van der Waals surface area contributed by atoms with Gasteiger partial charge in [0.15, 0.2) is 0 Å². The Morgan fingerprint density at radius 3 is 2.44 bits per heavy atom. The molecule has 0 unspecified atom stereocenters. The second kappa shape index (κ2) is 4.72. The highest BCUT2D eigenvalue weighted by molar-refractivity contribution is 6.21. The molecule has 2 rings (SSSR count). The molecule has 0 saturated carbocycles. The molecular formula is C14H15NO3. The molecule has 1 saturated heterocycles. The predicted molar refractivity (Wildman–Crippen MR) is 67.1 cm³/mol. The number of rotatable bonds is 3. The smallest absolute Gasteiger partial charge is 0.237 e. The first-order valence-corrected chi connectivity index (χ1v) is 5.92. The number of carbonyl (C=O) groups excluding carboxylic acids is 3. The molecule has 2 amide bonds. The first kappa shape index (κ1) is 12.5. The number of Topliss-reactive ketones (excluding diaryl/α,β-unsaturated/α-hetero) is 1. The molecule has 0 bridgehead atoms. The number of amides is 2. The van der Waals surface area contributed by atoms with E-state index in [0.29, 0.717) is 5.69 Å². The molecule has 1 aromatic rings. The molecule has 4 nitrogen and oxygen atoms in total. The Balaban J connectivity index is 2.24. The number of nitrogens with zero attached hydrogens (tertiary/aromatic N) is 1. The quantitative estimate of drug-likeness (QED) is 0.764. The van der Waals surface area contributed by atoms with Crippen molar-refractivity contribution in [3.05, 3.63) is 29.8 Å². The highest BCUT2D eigenvalue weighted by Gasteiger charge is 2.39. The van der Waals surface area contributed by atoms with Crippen LogP contribution in [0.25, 0.3) is 0 Å². The molecule has 4 heteroatoms. The number of hydrogen-bond donors (Lipinski definition) is 0. The van der Waals surface area contributed by atoms with Gasteiger partial charge in [0.2, 0.25) is 11.8 Å². The zero-order valence-electron chi connectivity index (χ0n) is 10.5. The third-order valence-electron chi connectivity index (χ3n) is 3.07. The SMILES string of the molecule is CC(=O)C[C@H]1CC(=O)N(c2ccc(C)cc2)C1=O. The van der Waals surface area contributed by atoms with E-state index in [9.17, 15) is 14.4 Å². The van der Waals surface area contributed by atoms with E-state index in [2.05, 4.69) is 0 Å². The van der Waals surface area contributed by atoms with E-state index in [1.165, 1.54) is 11.8 Å². The van der Waals surface area contributed by atoms with E-state index in [4.69, 9.17) is 0 Å². The highest BCUT2D eigenvalue weighted by atomic mass is 16.2. The summed E-state index contributed by atoms with van der Waals surface area (Å²) in [6.45, 7) is 3.38. The molecule has 0 spiro atoms. The van der Waals surface area contributed by atoms with Crippen molar-refractivity contribution in [2.24, 2.45) is 5.92 Å². The summed E-state index contributed by atoms with van der Waals surface area (Å²) in [6, 6.07) is 7.21. The van der Waals surface area contributed by atoms with Gasteiger partial charge in [-0.2, -0.15) is 0 Å². The summed E-state index contributed by atoms with van der Waals surface area (Å²) < 4.78 is 0. The van der Waals surface area contributed by atoms with Gasteiger partial charge in [-0.1, -0.05) is 17.7 Å². The van der Waals surface area contributed by atoms with E-state index >= 15 is 0 Å². The van der Waals surface area contributed by atoms with E-state index in [1.807, 2.05) is 19.1 Å². The summed E-state index contributed by atoms with van der Waals surface area (Å²) in [6.07, 6.45) is 0.277. The third kappa shape index (κ3) is 2.32. The maximum Gasteiger partial charge on any atom is 0.237 e. The highest BCUT2D eigenvalue weighted by Crippen LogP contribution is 2.28. The number of benzene rings is 1. The molecule has 18 heavy (non-hydrogen) atoms. The van der Waals surface area contributed by atoms with Crippen molar-refractivity contribution >= 4 is 23.3 Å². The Morgan fingerprint density at radius 2 is 1.89 bits per heavy atom. The topological polar surface area (TPSA) is 54.5 Å². The van der Waals surface area contributed by atoms with Crippen molar-refractivity contribution in [3.63, 3.8) is 0 Å². The van der Waals surface area contributed by atoms with Gasteiger partial charge < -0.3 is 4.79 Å². The molecule has 94 valence electrons. The summed E-state index contributed by atoms with van der Waals surface area (Å²) in [5.41, 5.74) is 1.65. The number of ketones is 1. The van der Waals surface area contributed by atoms with Gasteiger partial charge in [0.05, 0.1) is 11.6 Å². The Kier molecular flexibility index (Phi) is 3.28. The maximum absolute atomic E-state index is 12.1. The van der Waals surface area contributed by atoms with Crippen LogP contribution >= 0.6 is 0 Å². The summed E-state index contributed by atoms with van der Waals surface area (Å²) in [5, 5.41) is 0. The van der Waals surface area contributed by atoms with Crippen molar-refractivity contribution in [3.8, 4) is 0 Å². The first-order chi connectivity index (χ1) is 8.49. The monoisotopic (exact) mass is 245 g/mol. The van der Waals surface area contributed by atoms with Gasteiger partial charge in [-0.25, -0.2) is 0 Å². The Hall–Kier alpha value is -1.97. The molecule has 0 radical (unpaired) electrons. The summed E-state index contributed by atoms with van der Waals surface area (Å²) in [5.74, 6) is -1.04. The normalized spacial score (nSPS) is 19.4. The minimum Gasteiger partial charge on any atom is -0.300 e. The van der Waals surface area contributed by atoms with Crippen molar-refractivity contribution in [2.45, 2.75) is 26.7 Å². The Bertz CT molecular complexity index is 504. The minimum atomic E-state index is -0.490. The number of carbonyl (C=O) groups is 3. The summed E-state index contributed by atoms with van der Waals surface area (Å²) in [4.78, 5) is 36.2. The molecule has 1 aromatic carbocycles. The number of aryl methyl sites for hydroxylation is 1. The second-order valence-corrected chi connectivity index (χ2v) is 4.71. The van der Waals surface area contributed by atoms with Crippen LogP contribution in [0.15, 0.2) is 24.3 Å². The van der Waals surface area contributed by atoms with Crippen molar-refractivity contribution in [1.82, 2.24) is 0 Å². The van der Waals surface area contributed by atoms with Gasteiger partial charge in [0, 0.05) is 12.8 Å². The molecule has 1 fully saturated rings. The van der Waals surface area contributed by atoms with Gasteiger partial charge in [-0.15, -0.1) is 0 Å². The van der Waals surface area contributed by atoms with Gasteiger partial charge >= 0.3 is 0 Å². The van der Waals surface area contributed by atoms with Crippen LogP contribution in [0.5, 0.6) is 0 Å². The Morgan fingerprint density at radius 1 is 1.28 bits per heavy atom. The predicted octanol–water partition coefficient (Wildman–Crippen LogP) is 1.85. The zero-order valence-corrected chi connectivity index (χ0v) is 10.5. The Labute approximate surface area is 106 Å². The maximum atomic E-state index is 12.1. The number of hydrogen-bond acceptors (Lipinski definition) is 3. The van der Waals surface area contributed by atoms with Crippen LogP contribution in [-0.4, -0.2) is 17.6 Å². The first-order valence-electron chi connectivity index (χ1n) is 5.92. The van der Waals surface area contributed by atoms with Crippen molar-refractivity contribution in [1.29, 1.82) is 0 Å². The average Bonchev–Trinajstić information content (AvgIpc) is 2.55. The van der Waals surface area contributed by atoms with Gasteiger partial charge in [-0.05, 0) is 26.0 Å². The third-order valence-corrected chi connectivity index (χ3v) is 3.07. The van der Waals surface area contributed by atoms with Crippen molar-refractivity contribution < 1.29 is 14.4 Å². The van der Waals surface area contributed by atoms with Crippen LogP contribution in [0, 0.1) is 12.8 Å². The minimum absolute atomic E-state index is 0.0630. The molecular weight excluding hydrogens is 230 g/mol. The van der Waals surface area contributed by atoms with Crippen LogP contribution in [0.3, 0.4) is 0 Å². The van der Waals surface area contributed by atoms with Gasteiger partial charge in [0.1, 0.15) is 5.78 Å². The van der Waals surface area contributed by atoms with Gasteiger partial charge in [0.25, 0.3) is 0 Å². The van der Waals surface area contributed by atoms with Crippen LogP contribution in [0.1, 0.15) is 25.3 Å². The number of imide groups is 1. The van der Waals surface area contributed by atoms with E-state index in [1.54, 1.807) is 12.1 Å². The lowest BCUT2D eigenvalue weighted by atomic mass is 10.0. The van der Waals surface area contributed by atoms with Crippen LogP contribution in [0.2, 0.25) is 0 Å². The van der Waals surface area contributed by atoms with Crippen LogP contribution in [0.4, 0.5) is 5.69 Å². The molecule has 0 N–H and O–H groups in total. The van der Waals surface area contributed by atoms with Crippen LogP contribution < -0.4 is 4.90 Å². The summed E-state index contributed by atoms with van der Waals surface area (Å²) in [7, 11) is 0. The largest absolute Gasteiger partial charge is 0.300 e. The fourth-order valence-corrected chi connectivity index (χ4v) is 2.17. The molecule has 1 heterocycles. The van der Waals surface area contributed by atoms with Gasteiger partial charge in [-0.3, -0.25) is 14.5 Å². The fraction of sp³-hybridized carbons (Fsp3) is 0.357. The molecule has 0 aliphatic carbocycles.